The quantitative estimate of drug-likeness (QED) is 0.309. The van der Waals surface area contributed by atoms with E-state index in [1.54, 1.807) is 36.4 Å². The third-order valence-electron chi connectivity index (χ3n) is 3.55. The Morgan fingerprint density at radius 1 is 0.667 bits per heavy atom. The maximum absolute atomic E-state index is 10.6. The number of benzene rings is 2. The topological polar surface area (TPSA) is 178 Å². The van der Waals surface area contributed by atoms with Gasteiger partial charge in [-0.25, -0.2) is 4.79 Å². The molecule has 36 heavy (non-hydrogen) atoms. The van der Waals surface area contributed by atoms with E-state index in [2.05, 4.69) is 15.6 Å². The number of carbonyl (C=O) groups excluding carboxylic acids is 4. The number of amides is 3. The second-order valence-corrected chi connectivity index (χ2v) is 6.66. The first-order valence-corrected chi connectivity index (χ1v) is 10.7. The molecule has 0 fully saturated rings. The zero-order chi connectivity index (χ0) is 26.8. The van der Waals surface area contributed by atoms with E-state index in [0.29, 0.717) is 17.1 Å². The van der Waals surface area contributed by atoms with Gasteiger partial charge in [0.05, 0.1) is 6.92 Å². The predicted octanol–water partition coefficient (Wildman–Crippen LogP) is 1.65. The van der Waals surface area contributed by atoms with Gasteiger partial charge in [0.2, 0.25) is 17.5 Å². The van der Waals surface area contributed by atoms with E-state index >= 15 is 0 Å². The van der Waals surface area contributed by atoms with Crippen LogP contribution >= 0.6 is 0 Å². The molecule has 0 radical (unpaired) electrons. The van der Waals surface area contributed by atoms with Crippen LogP contribution in [0.1, 0.15) is 34.6 Å². The summed E-state index contributed by atoms with van der Waals surface area (Å²) in [6.07, 6.45) is 5.96. The third-order valence-corrected chi connectivity index (χ3v) is 3.55. The lowest BCUT2D eigenvalue weighted by atomic mass is 10.2. The molecule has 3 rings (SSSR count). The molecule has 2 aromatic carbocycles. The van der Waals surface area contributed by atoms with Crippen molar-refractivity contribution < 1.29 is 39.9 Å². The Hall–Kier alpha value is -4.57. The number of rotatable bonds is 2. The summed E-state index contributed by atoms with van der Waals surface area (Å²) >= 11 is 0. The highest BCUT2D eigenvalue weighted by molar-refractivity contribution is 6.15. The van der Waals surface area contributed by atoms with Gasteiger partial charge in [0, 0.05) is 37.4 Å². The van der Waals surface area contributed by atoms with Gasteiger partial charge in [-0.3, -0.25) is 14.4 Å². The largest absolute Gasteiger partial charge is 0.508 e. The lowest BCUT2D eigenvalue weighted by Gasteiger charge is -1.99. The first kappa shape index (κ1) is 33.6. The van der Waals surface area contributed by atoms with Crippen molar-refractivity contribution >= 4 is 40.6 Å². The number of hydrogen-bond donors (Lipinski definition) is 5. The number of hydrogen-bond acceptors (Lipinski definition) is 6. The zero-order valence-corrected chi connectivity index (χ0v) is 21.0. The molecule has 10 nitrogen and oxygen atoms in total. The van der Waals surface area contributed by atoms with E-state index in [-0.39, 0.29) is 40.5 Å². The first-order valence-electron chi connectivity index (χ1n) is 10.7. The van der Waals surface area contributed by atoms with Gasteiger partial charge in [0.25, 0.3) is 0 Å². The molecule has 194 valence electrons. The Balaban J connectivity index is 0. The summed E-state index contributed by atoms with van der Waals surface area (Å²) in [5.41, 5.74) is 2.03. The van der Waals surface area contributed by atoms with E-state index in [1.165, 1.54) is 57.2 Å². The van der Waals surface area contributed by atoms with Crippen LogP contribution in [0.5, 0.6) is 11.5 Å². The average molecular weight is 501 g/mol. The Labute approximate surface area is 210 Å². The molecule has 1 aliphatic carbocycles. The second-order valence-electron chi connectivity index (χ2n) is 6.66. The molecule has 0 spiro atoms. The Kier molecular flexibility index (Phi) is 17.6. The van der Waals surface area contributed by atoms with Crippen LogP contribution < -0.4 is 15.6 Å². The number of phenolic OH excluding ortho intramolecular Hbond substituents is 2. The van der Waals surface area contributed by atoms with Gasteiger partial charge in [-0.1, -0.05) is 13.8 Å². The van der Waals surface area contributed by atoms with Crippen LogP contribution in [0.15, 0.2) is 72.8 Å². The van der Waals surface area contributed by atoms with Crippen molar-refractivity contribution in [1.82, 2.24) is 0 Å². The number of ketones is 1. The highest BCUT2D eigenvalue weighted by atomic mass is 16.3. The van der Waals surface area contributed by atoms with Gasteiger partial charge in [-0.15, -0.1) is 0 Å². The fraction of sp³-hybridized carbons (Fsp3) is 0.192. The van der Waals surface area contributed by atoms with Crippen molar-refractivity contribution in [3.63, 3.8) is 0 Å². The van der Waals surface area contributed by atoms with E-state index in [4.69, 9.17) is 10.2 Å². The third kappa shape index (κ3) is 17.0. The number of allylic oxidation sites excluding steroid dienone is 4. The number of phenols is 2. The second kappa shape index (κ2) is 18.8. The van der Waals surface area contributed by atoms with E-state index in [1.807, 2.05) is 13.8 Å². The molecule has 0 aromatic heterocycles. The fourth-order valence-corrected chi connectivity index (χ4v) is 2.24. The summed E-state index contributed by atoms with van der Waals surface area (Å²) in [5.74, 6) is -0.0349. The van der Waals surface area contributed by atoms with Crippen LogP contribution in [0.4, 0.5) is 11.4 Å². The molecule has 0 aliphatic heterocycles. The predicted molar refractivity (Wildman–Crippen MR) is 140 cm³/mol. The normalized spacial score (nSPS) is 10.5. The smallest absolute Gasteiger partial charge is 0.382 e. The fourth-order valence-electron chi connectivity index (χ4n) is 2.24. The number of anilines is 2. The summed E-state index contributed by atoms with van der Waals surface area (Å²) in [5, 5.41) is 22.9. The molecule has 2 aromatic rings. The van der Waals surface area contributed by atoms with Gasteiger partial charge >= 0.3 is 5.91 Å². The first-order chi connectivity index (χ1) is 16.5. The Morgan fingerprint density at radius 3 is 1.28 bits per heavy atom. The van der Waals surface area contributed by atoms with Crippen LogP contribution in [0.25, 0.3) is 0 Å². The molecule has 0 saturated carbocycles. The van der Waals surface area contributed by atoms with Crippen LogP contribution in [-0.4, -0.2) is 44.9 Å². The van der Waals surface area contributed by atoms with Crippen molar-refractivity contribution in [2.75, 3.05) is 10.6 Å². The summed E-state index contributed by atoms with van der Waals surface area (Å²) in [6, 6.07) is 12.6. The molecule has 3 amide bonds. The summed E-state index contributed by atoms with van der Waals surface area (Å²) < 4.78 is 0. The Bertz CT molecular complexity index is 996. The highest BCUT2D eigenvalue weighted by Gasteiger charge is 2.05. The number of nitrogens with one attached hydrogen (secondary N) is 3. The number of carbonyl (C=O) groups is 4. The molecule has 1 aliphatic rings. The molecule has 10 heteroatoms. The van der Waals surface area contributed by atoms with Crippen molar-refractivity contribution in [3.8, 4) is 11.5 Å². The van der Waals surface area contributed by atoms with Crippen LogP contribution in [-0.2, 0) is 19.2 Å². The van der Waals surface area contributed by atoms with Crippen molar-refractivity contribution in [2.45, 2.75) is 34.6 Å². The van der Waals surface area contributed by atoms with Crippen molar-refractivity contribution in [1.29, 1.82) is 0 Å². The SMILES string of the molecule is CC.CC(=O)Nc1ccc(O)cc1.CC(=O)Nc1ccc(O)cc1.CC(=O)[NH+]=C1C=CC(=O)C=C1.O. The van der Waals surface area contributed by atoms with Crippen LogP contribution in [0.3, 0.4) is 0 Å². The molecular formula is C26H34N3O7+. The van der Waals surface area contributed by atoms with Crippen LogP contribution in [0.2, 0.25) is 0 Å². The molecule has 0 heterocycles. The summed E-state index contributed by atoms with van der Waals surface area (Å²) in [6.45, 7) is 8.30. The molecule has 0 bridgehead atoms. The minimum absolute atomic E-state index is 0. The maximum Gasteiger partial charge on any atom is 0.382 e. The van der Waals surface area contributed by atoms with Gasteiger partial charge in [0.15, 0.2) is 5.78 Å². The molecule has 0 unspecified atom stereocenters. The van der Waals surface area contributed by atoms with Crippen LogP contribution in [0, 0.1) is 0 Å². The molecular weight excluding hydrogens is 466 g/mol. The monoisotopic (exact) mass is 500 g/mol. The van der Waals surface area contributed by atoms with E-state index in [9.17, 15) is 19.2 Å². The van der Waals surface area contributed by atoms with Crippen molar-refractivity contribution in [2.24, 2.45) is 0 Å². The Morgan fingerprint density at radius 2 is 1.00 bits per heavy atom. The molecule has 0 atom stereocenters. The lowest BCUT2D eigenvalue weighted by molar-refractivity contribution is -0.373. The highest BCUT2D eigenvalue weighted by Crippen LogP contribution is 2.13. The number of aromatic hydroxyl groups is 2. The molecule has 7 N–H and O–H groups in total. The zero-order valence-electron chi connectivity index (χ0n) is 21.0. The molecule has 0 saturated heterocycles. The minimum atomic E-state index is -0.136. The average Bonchev–Trinajstić information content (AvgIpc) is 2.80. The van der Waals surface area contributed by atoms with E-state index in [0.717, 1.165) is 0 Å². The van der Waals surface area contributed by atoms with E-state index < -0.39 is 0 Å². The van der Waals surface area contributed by atoms with Gasteiger partial charge in [-0.2, -0.15) is 4.99 Å². The van der Waals surface area contributed by atoms with Gasteiger partial charge in [-0.05, 0) is 60.7 Å². The van der Waals surface area contributed by atoms with Crippen molar-refractivity contribution in [3.05, 3.63) is 72.8 Å². The maximum atomic E-state index is 10.6. The van der Waals surface area contributed by atoms with Gasteiger partial charge < -0.3 is 26.3 Å². The minimum Gasteiger partial charge on any atom is -0.508 e. The standard InChI is InChI=1S/2C8H9NO2.C8H7NO2.C2H6.H2O/c3*1-6(10)9-7-2-4-8(11)5-3-7;1-2;/h2*2-5,11H,1H3,(H,9,10);2-5H,1H3;1-2H3;1H2/p+1. The van der Waals surface area contributed by atoms with Gasteiger partial charge in [0.1, 0.15) is 11.5 Å². The summed E-state index contributed by atoms with van der Waals surface area (Å²) in [7, 11) is 0. The summed E-state index contributed by atoms with van der Waals surface area (Å²) in [4.78, 5) is 44.7. The lowest BCUT2D eigenvalue weighted by Crippen LogP contribution is -2.75.